The average molecular weight is 517 g/mol. The molecule has 1 fully saturated rings. The van der Waals surface area contributed by atoms with E-state index in [0.29, 0.717) is 29.4 Å². The molecular formula is C24H28N4O7S. The van der Waals surface area contributed by atoms with Crippen LogP contribution in [0.1, 0.15) is 36.5 Å². The SMILES string of the molecule is COc1cc(-c2nnc(NC(=O)c3ccc(S(=O)(=O)N4CCCC[C@@H]4C)cc3)o2)cc(OC)c1OC. The van der Waals surface area contributed by atoms with E-state index in [1.54, 1.807) is 12.1 Å². The Balaban J connectivity index is 1.49. The van der Waals surface area contributed by atoms with E-state index in [-0.39, 0.29) is 28.4 Å². The topological polar surface area (TPSA) is 133 Å². The van der Waals surface area contributed by atoms with Crippen LogP contribution < -0.4 is 19.5 Å². The van der Waals surface area contributed by atoms with Crippen molar-refractivity contribution < 1.29 is 31.8 Å². The molecule has 36 heavy (non-hydrogen) atoms. The van der Waals surface area contributed by atoms with Gasteiger partial charge in [0.1, 0.15) is 0 Å². The van der Waals surface area contributed by atoms with Gasteiger partial charge in [0.15, 0.2) is 11.5 Å². The number of amides is 1. The quantitative estimate of drug-likeness (QED) is 0.477. The standard InChI is InChI=1S/C24H28N4O7S/c1-15-7-5-6-12-28(15)36(30,31)18-10-8-16(9-11-18)22(29)25-24-27-26-23(35-24)17-13-19(32-2)21(34-4)20(14-17)33-3/h8-11,13-15H,5-7,12H2,1-4H3,(H,25,27,29)/t15-/m0/s1. The average Bonchev–Trinajstić information content (AvgIpc) is 3.36. The Kier molecular flexibility index (Phi) is 7.45. The summed E-state index contributed by atoms with van der Waals surface area (Å²) in [6.45, 7) is 2.41. The highest BCUT2D eigenvalue weighted by molar-refractivity contribution is 7.89. The molecule has 3 aromatic rings. The molecule has 0 unspecified atom stereocenters. The molecule has 1 aliphatic rings. The molecule has 2 aromatic carbocycles. The van der Waals surface area contributed by atoms with Gasteiger partial charge in [0, 0.05) is 23.7 Å². The van der Waals surface area contributed by atoms with Crippen LogP contribution in [0, 0.1) is 0 Å². The maximum Gasteiger partial charge on any atom is 0.322 e. The highest BCUT2D eigenvalue weighted by atomic mass is 32.2. The number of piperidine rings is 1. The number of benzene rings is 2. The lowest BCUT2D eigenvalue weighted by molar-refractivity contribution is 0.102. The first kappa shape index (κ1) is 25.5. The van der Waals surface area contributed by atoms with Crippen molar-refractivity contribution in [2.45, 2.75) is 37.1 Å². The van der Waals surface area contributed by atoms with Crippen LogP contribution in [-0.4, -0.2) is 62.7 Å². The Morgan fingerprint density at radius 1 is 1.03 bits per heavy atom. The smallest absolute Gasteiger partial charge is 0.322 e. The number of sulfonamides is 1. The zero-order chi connectivity index (χ0) is 25.9. The van der Waals surface area contributed by atoms with Crippen LogP contribution in [-0.2, 0) is 10.0 Å². The summed E-state index contributed by atoms with van der Waals surface area (Å²) < 4.78 is 49.1. The minimum absolute atomic E-state index is 0.0518. The summed E-state index contributed by atoms with van der Waals surface area (Å²) >= 11 is 0. The summed E-state index contributed by atoms with van der Waals surface area (Å²) in [5, 5.41) is 10.4. The third-order valence-corrected chi connectivity index (χ3v) is 8.05. The molecule has 2 heterocycles. The first-order valence-electron chi connectivity index (χ1n) is 11.4. The van der Waals surface area contributed by atoms with Crippen LogP contribution in [0.5, 0.6) is 17.2 Å². The Morgan fingerprint density at radius 2 is 1.69 bits per heavy atom. The molecule has 1 amide bonds. The van der Waals surface area contributed by atoms with Crippen molar-refractivity contribution in [1.82, 2.24) is 14.5 Å². The number of methoxy groups -OCH3 is 3. The van der Waals surface area contributed by atoms with Crippen molar-refractivity contribution >= 4 is 21.9 Å². The summed E-state index contributed by atoms with van der Waals surface area (Å²) in [4.78, 5) is 12.9. The van der Waals surface area contributed by atoms with Gasteiger partial charge < -0.3 is 18.6 Å². The first-order valence-corrected chi connectivity index (χ1v) is 12.8. The van der Waals surface area contributed by atoms with Gasteiger partial charge in [-0.05, 0) is 56.2 Å². The Bertz CT molecular complexity index is 1310. The van der Waals surface area contributed by atoms with E-state index in [0.717, 1.165) is 19.3 Å². The molecule has 0 bridgehead atoms. The zero-order valence-electron chi connectivity index (χ0n) is 20.5. The number of rotatable bonds is 8. The van der Waals surface area contributed by atoms with Crippen molar-refractivity contribution in [1.29, 1.82) is 0 Å². The van der Waals surface area contributed by atoms with Crippen molar-refractivity contribution in [2.24, 2.45) is 0 Å². The number of nitrogens with zero attached hydrogens (tertiary/aromatic N) is 3. The van der Waals surface area contributed by atoms with Gasteiger partial charge in [0.05, 0.1) is 26.2 Å². The van der Waals surface area contributed by atoms with Crippen LogP contribution in [0.15, 0.2) is 45.7 Å². The molecule has 1 aliphatic heterocycles. The molecule has 11 nitrogen and oxygen atoms in total. The van der Waals surface area contributed by atoms with Crippen LogP contribution in [0.3, 0.4) is 0 Å². The lowest BCUT2D eigenvalue weighted by Crippen LogP contribution is -2.41. The number of carbonyl (C=O) groups is 1. The number of carbonyl (C=O) groups excluding carboxylic acids is 1. The summed E-state index contributed by atoms with van der Waals surface area (Å²) in [5.74, 6) is 0.832. The number of hydrogen-bond donors (Lipinski definition) is 1. The van der Waals surface area contributed by atoms with E-state index in [2.05, 4.69) is 15.5 Å². The third-order valence-electron chi connectivity index (χ3n) is 6.02. The molecule has 4 rings (SSSR count). The van der Waals surface area contributed by atoms with E-state index >= 15 is 0 Å². The normalized spacial score (nSPS) is 16.4. The second-order valence-corrected chi connectivity index (χ2v) is 10.2. The van der Waals surface area contributed by atoms with Crippen molar-refractivity contribution in [3.63, 3.8) is 0 Å². The van der Waals surface area contributed by atoms with Crippen LogP contribution in [0.4, 0.5) is 6.01 Å². The number of anilines is 1. The van der Waals surface area contributed by atoms with Crippen molar-refractivity contribution in [3.05, 3.63) is 42.0 Å². The molecule has 0 radical (unpaired) electrons. The highest BCUT2D eigenvalue weighted by Gasteiger charge is 2.31. The second-order valence-electron chi connectivity index (χ2n) is 8.27. The van der Waals surface area contributed by atoms with Gasteiger partial charge in [-0.3, -0.25) is 10.1 Å². The number of nitrogens with one attached hydrogen (secondary N) is 1. The second kappa shape index (κ2) is 10.5. The number of hydrogen-bond acceptors (Lipinski definition) is 9. The molecule has 0 aliphatic carbocycles. The third kappa shape index (κ3) is 5.00. The molecule has 1 saturated heterocycles. The minimum Gasteiger partial charge on any atom is -0.493 e. The predicted octanol–water partition coefficient (Wildman–Crippen LogP) is 3.58. The van der Waals surface area contributed by atoms with Crippen LogP contribution >= 0.6 is 0 Å². The first-order chi connectivity index (χ1) is 17.3. The summed E-state index contributed by atoms with van der Waals surface area (Å²) in [5.41, 5.74) is 0.743. The van der Waals surface area contributed by atoms with E-state index in [1.165, 1.54) is 49.9 Å². The Hall–Kier alpha value is -3.64. The largest absolute Gasteiger partial charge is 0.493 e. The number of ether oxygens (including phenoxy) is 3. The molecule has 0 saturated carbocycles. The molecule has 0 spiro atoms. The van der Waals surface area contributed by atoms with Gasteiger partial charge in [-0.25, -0.2) is 8.42 Å². The van der Waals surface area contributed by atoms with Gasteiger partial charge in [-0.1, -0.05) is 11.5 Å². The molecular weight excluding hydrogens is 488 g/mol. The van der Waals surface area contributed by atoms with Gasteiger partial charge in [0.2, 0.25) is 21.7 Å². The lowest BCUT2D eigenvalue weighted by atomic mass is 10.1. The van der Waals surface area contributed by atoms with E-state index in [4.69, 9.17) is 18.6 Å². The molecule has 192 valence electrons. The van der Waals surface area contributed by atoms with E-state index < -0.39 is 15.9 Å². The molecule has 12 heteroatoms. The van der Waals surface area contributed by atoms with Crippen molar-refractivity contribution in [3.8, 4) is 28.7 Å². The van der Waals surface area contributed by atoms with E-state index in [1.807, 2.05) is 6.92 Å². The minimum atomic E-state index is -3.63. The molecule has 1 aromatic heterocycles. The fourth-order valence-electron chi connectivity index (χ4n) is 4.11. The maximum absolute atomic E-state index is 13.0. The Labute approximate surface area is 209 Å². The fraction of sp³-hybridized carbons (Fsp3) is 0.375. The number of aromatic nitrogens is 2. The summed E-state index contributed by atoms with van der Waals surface area (Å²) in [6, 6.07) is 8.87. The fourth-order valence-corrected chi connectivity index (χ4v) is 5.81. The molecule has 1 N–H and O–H groups in total. The van der Waals surface area contributed by atoms with Crippen LogP contribution in [0.25, 0.3) is 11.5 Å². The maximum atomic E-state index is 13.0. The highest BCUT2D eigenvalue weighted by Crippen LogP contribution is 2.41. The van der Waals surface area contributed by atoms with Crippen molar-refractivity contribution in [2.75, 3.05) is 33.2 Å². The zero-order valence-corrected chi connectivity index (χ0v) is 21.3. The Morgan fingerprint density at radius 3 is 2.28 bits per heavy atom. The van der Waals surface area contributed by atoms with Gasteiger partial charge in [0.25, 0.3) is 5.91 Å². The summed E-state index contributed by atoms with van der Waals surface area (Å²) in [7, 11) is 0.852. The lowest BCUT2D eigenvalue weighted by Gasteiger charge is -2.32. The van der Waals surface area contributed by atoms with Gasteiger partial charge in [-0.15, -0.1) is 5.10 Å². The van der Waals surface area contributed by atoms with Crippen LogP contribution in [0.2, 0.25) is 0 Å². The molecule has 1 atom stereocenters. The van der Waals surface area contributed by atoms with E-state index in [9.17, 15) is 13.2 Å². The predicted molar refractivity (Wildman–Crippen MR) is 131 cm³/mol. The monoisotopic (exact) mass is 516 g/mol. The van der Waals surface area contributed by atoms with Gasteiger partial charge in [-0.2, -0.15) is 4.31 Å². The van der Waals surface area contributed by atoms with Gasteiger partial charge >= 0.3 is 6.01 Å². The summed E-state index contributed by atoms with van der Waals surface area (Å²) in [6.07, 6.45) is 2.69.